The van der Waals surface area contributed by atoms with Crippen LogP contribution in [0, 0.1) is 0 Å². The van der Waals surface area contributed by atoms with Crippen molar-refractivity contribution >= 4 is 5.97 Å². The molecule has 0 aliphatic rings. The van der Waals surface area contributed by atoms with E-state index >= 15 is 0 Å². The van der Waals surface area contributed by atoms with Gasteiger partial charge in [0.15, 0.2) is 0 Å². The molecule has 0 aromatic carbocycles. The summed E-state index contributed by atoms with van der Waals surface area (Å²) in [6, 6.07) is 0. The molecule has 200 valence electrons. The number of hydrogen-bond donors (Lipinski definition) is 4. The van der Waals surface area contributed by atoms with Gasteiger partial charge in [0, 0.05) is 6.42 Å². The fourth-order valence-corrected chi connectivity index (χ4v) is 4.02. The topological polar surface area (TPSA) is 110 Å². The zero-order chi connectivity index (χ0) is 24.8. The average molecular weight is 473 g/mol. The molecule has 1 unspecified atom stereocenters. The molecule has 33 heavy (non-hydrogen) atoms. The third-order valence-corrected chi connectivity index (χ3v) is 6.23. The Morgan fingerprint density at radius 2 is 0.909 bits per heavy atom. The maximum absolute atomic E-state index is 10.4. The molecular formula is C28H60N2O3. The van der Waals surface area contributed by atoms with Gasteiger partial charge in [-0.2, -0.15) is 0 Å². The Morgan fingerprint density at radius 3 is 1.27 bits per heavy atom. The number of carbonyl (C=O) groups is 1. The molecule has 0 amide bonds. The van der Waals surface area contributed by atoms with E-state index in [-0.39, 0.29) is 6.10 Å². The van der Waals surface area contributed by atoms with E-state index in [9.17, 15) is 9.90 Å². The summed E-state index contributed by atoms with van der Waals surface area (Å²) in [5, 5.41) is 18.6. The van der Waals surface area contributed by atoms with E-state index in [0.717, 1.165) is 58.0 Å². The molecule has 0 radical (unpaired) electrons. The van der Waals surface area contributed by atoms with E-state index in [1.807, 2.05) is 0 Å². The van der Waals surface area contributed by atoms with Gasteiger partial charge >= 0.3 is 5.97 Å². The van der Waals surface area contributed by atoms with Crippen LogP contribution in [-0.4, -0.2) is 35.4 Å². The number of aliphatic carboxylic acids is 1. The van der Waals surface area contributed by atoms with E-state index in [1.165, 1.54) is 96.3 Å². The lowest BCUT2D eigenvalue weighted by Gasteiger charge is -2.10. The van der Waals surface area contributed by atoms with Crippen molar-refractivity contribution in [2.45, 2.75) is 161 Å². The Kier molecular flexibility index (Phi) is 32.8. The molecule has 1 atom stereocenters. The second kappa shape index (κ2) is 31.4. The van der Waals surface area contributed by atoms with E-state index in [4.69, 9.17) is 16.6 Å². The first-order valence-electron chi connectivity index (χ1n) is 14.4. The van der Waals surface area contributed by atoms with Gasteiger partial charge in [-0.1, -0.05) is 116 Å². The van der Waals surface area contributed by atoms with Crippen LogP contribution in [0.1, 0.15) is 155 Å². The van der Waals surface area contributed by atoms with E-state index in [2.05, 4.69) is 6.92 Å². The predicted molar refractivity (Wildman–Crippen MR) is 144 cm³/mol. The molecule has 0 fully saturated rings. The summed E-state index contributed by atoms with van der Waals surface area (Å²) >= 11 is 0. The van der Waals surface area contributed by atoms with Gasteiger partial charge in [0.2, 0.25) is 0 Å². The van der Waals surface area contributed by atoms with Crippen LogP contribution in [0.3, 0.4) is 0 Å². The monoisotopic (exact) mass is 472 g/mol. The average Bonchev–Trinajstić information content (AvgIpc) is 2.80. The fraction of sp³-hybridized carbons (Fsp3) is 0.964. The smallest absolute Gasteiger partial charge is 0.303 e. The van der Waals surface area contributed by atoms with Crippen molar-refractivity contribution in [3.05, 3.63) is 0 Å². The molecule has 0 spiro atoms. The minimum absolute atomic E-state index is 0.0788. The molecule has 0 bridgehead atoms. The lowest BCUT2D eigenvalue weighted by atomic mass is 10.0. The third-order valence-electron chi connectivity index (χ3n) is 6.23. The fourth-order valence-electron chi connectivity index (χ4n) is 4.02. The first-order valence-corrected chi connectivity index (χ1v) is 14.4. The molecular weight excluding hydrogens is 412 g/mol. The standard InChI is InChI=1S/C22H44O3.C6H16N2/c1-2-3-4-5-9-12-15-18-21(23)19-16-13-10-7-6-8-11-14-17-20-22(24)25;7-5-3-1-2-4-6-8/h21,23H,2-20H2,1H3,(H,24,25);1-8H2. The van der Waals surface area contributed by atoms with Gasteiger partial charge in [-0.05, 0) is 45.2 Å². The van der Waals surface area contributed by atoms with Crippen LogP contribution in [0.2, 0.25) is 0 Å². The van der Waals surface area contributed by atoms with Crippen molar-refractivity contribution in [3.63, 3.8) is 0 Å². The zero-order valence-corrected chi connectivity index (χ0v) is 22.2. The maximum Gasteiger partial charge on any atom is 0.303 e. The summed E-state index contributed by atoms with van der Waals surface area (Å²) in [7, 11) is 0. The summed E-state index contributed by atoms with van der Waals surface area (Å²) in [6.45, 7) is 3.90. The number of aliphatic hydroxyl groups excluding tert-OH is 1. The van der Waals surface area contributed by atoms with Crippen LogP contribution in [0.25, 0.3) is 0 Å². The van der Waals surface area contributed by atoms with Gasteiger partial charge in [-0.15, -0.1) is 0 Å². The molecule has 0 aliphatic carbocycles. The summed E-state index contributed by atoms with van der Waals surface area (Å²) in [4.78, 5) is 10.4. The van der Waals surface area contributed by atoms with Gasteiger partial charge in [0.05, 0.1) is 6.10 Å². The molecule has 0 saturated heterocycles. The van der Waals surface area contributed by atoms with Crippen LogP contribution in [-0.2, 0) is 4.79 Å². The normalized spacial score (nSPS) is 11.8. The van der Waals surface area contributed by atoms with Crippen molar-refractivity contribution in [3.8, 4) is 0 Å². The molecule has 0 aromatic rings. The Balaban J connectivity index is 0. The van der Waals surface area contributed by atoms with Gasteiger partial charge in [0.25, 0.3) is 0 Å². The van der Waals surface area contributed by atoms with Gasteiger partial charge in [0.1, 0.15) is 0 Å². The Labute approximate surface area is 206 Å². The Hall–Kier alpha value is -0.650. The van der Waals surface area contributed by atoms with E-state index in [0.29, 0.717) is 6.42 Å². The molecule has 6 N–H and O–H groups in total. The highest BCUT2D eigenvalue weighted by Gasteiger charge is 2.03. The van der Waals surface area contributed by atoms with Crippen molar-refractivity contribution < 1.29 is 15.0 Å². The maximum atomic E-state index is 10.4. The van der Waals surface area contributed by atoms with Crippen LogP contribution in [0.4, 0.5) is 0 Å². The van der Waals surface area contributed by atoms with E-state index < -0.39 is 5.97 Å². The van der Waals surface area contributed by atoms with Crippen molar-refractivity contribution in [2.75, 3.05) is 13.1 Å². The number of carboxylic acid groups (broad SMARTS) is 1. The lowest BCUT2D eigenvalue weighted by molar-refractivity contribution is -0.137. The first kappa shape index (κ1) is 34.5. The number of aliphatic hydroxyl groups is 1. The van der Waals surface area contributed by atoms with Gasteiger partial charge in [-0.3, -0.25) is 4.79 Å². The number of hydrogen-bond acceptors (Lipinski definition) is 4. The second-order valence-electron chi connectivity index (χ2n) is 9.67. The second-order valence-corrected chi connectivity index (χ2v) is 9.67. The molecule has 5 heteroatoms. The lowest BCUT2D eigenvalue weighted by Crippen LogP contribution is -2.05. The highest BCUT2D eigenvalue weighted by atomic mass is 16.4. The van der Waals surface area contributed by atoms with Crippen LogP contribution >= 0.6 is 0 Å². The molecule has 0 aromatic heterocycles. The molecule has 0 aliphatic heterocycles. The van der Waals surface area contributed by atoms with Crippen LogP contribution in [0.15, 0.2) is 0 Å². The number of unbranched alkanes of at least 4 members (excludes halogenated alkanes) is 17. The molecule has 5 nitrogen and oxygen atoms in total. The summed E-state index contributed by atoms with van der Waals surface area (Å²) < 4.78 is 0. The van der Waals surface area contributed by atoms with Crippen molar-refractivity contribution in [2.24, 2.45) is 11.5 Å². The Morgan fingerprint density at radius 1 is 0.576 bits per heavy atom. The quantitative estimate of drug-likeness (QED) is 0.104. The van der Waals surface area contributed by atoms with Crippen molar-refractivity contribution in [1.82, 2.24) is 0 Å². The summed E-state index contributed by atoms with van der Waals surface area (Å²) in [5.41, 5.74) is 10.6. The number of nitrogens with two attached hydrogens (primary N) is 2. The highest BCUT2D eigenvalue weighted by molar-refractivity contribution is 5.66. The predicted octanol–water partition coefficient (Wildman–Crippen LogP) is 7.33. The van der Waals surface area contributed by atoms with Crippen LogP contribution in [0.5, 0.6) is 0 Å². The molecule has 0 heterocycles. The van der Waals surface area contributed by atoms with E-state index in [1.54, 1.807) is 0 Å². The molecule has 0 saturated carbocycles. The van der Waals surface area contributed by atoms with Gasteiger partial charge in [-0.25, -0.2) is 0 Å². The molecule has 0 rings (SSSR count). The first-order chi connectivity index (χ1) is 16.1. The summed E-state index contributed by atoms with van der Waals surface area (Å²) in [6.07, 6.45) is 26.8. The van der Waals surface area contributed by atoms with Gasteiger partial charge < -0.3 is 21.7 Å². The SMILES string of the molecule is CCCCCCCCCC(O)CCCCCCCCCCCC(=O)O.NCCCCCCN. The Bertz CT molecular complexity index is 361. The van der Waals surface area contributed by atoms with Crippen LogP contribution < -0.4 is 11.5 Å². The number of carboxylic acids is 1. The highest BCUT2D eigenvalue weighted by Crippen LogP contribution is 2.15. The third kappa shape index (κ3) is 36.1. The van der Waals surface area contributed by atoms with Crippen molar-refractivity contribution in [1.29, 1.82) is 0 Å². The summed E-state index contributed by atoms with van der Waals surface area (Å²) in [5.74, 6) is -0.672. The largest absolute Gasteiger partial charge is 0.481 e. The minimum atomic E-state index is -0.672. The minimum Gasteiger partial charge on any atom is -0.481 e. The zero-order valence-electron chi connectivity index (χ0n) is 22.2. The number of rotatable bonds is 25.